The molecule has 0 aromatic heterocycles. The van der Waals surface area contributed by atoms with Crippen molar-refractivity contribution in [3.63, 3.8) is 0 Å². The Hall–Kier alpha value is -0.650. The molecule has 5 nitrogen and oxygen atoms in total. The average molecular weight is 174 g/mol. The third kappa shape index (κ3) is 6.09. The summed E-state index contributed by atoms with van der Waals surface area (Å²) in [6.07, 6.45) is 1.97. The van der Waals surface area contributed by atoms with Gasteiger partial charge in [-0.2, -0.15) is 0 Å². The van der Waals surface area contributed by atoms with Crippen LogP contribution >= 0.6 is 0 Å². The van der Waals surface area contributed by atoms with Crippen molar-refractivity contribution in [2.45, 2.75) is 25.3 Å². The standard InChI is InChI=1S/C7H18N4O/c8-3-1-2-6(10)4-7(12)11-5-9/h6H,1-5,8-10H2,(H,11,12)/t6-/m1/s1. The Balaban J connectivity index is 3.40. The van der Waals surface area contributed by atoms with E-state index in [1.807, 2.05) is 0 Å². The van der Waals surface area contributed by atoms with Crippen molar-refractivity contribution in [1.29, 1.82) is 0 Å². The normalized spacial score (nSPS) is 12.6. The van der Waals surface area contributed by atoms with Crippen molar-refractivity contribution >= 4 is 5.91 Å². The van der Waals surface area contributed by atoms with Gasteiger partial charge in [-0.05, 0) is 19.4 Å². The highest BCUT2D eigenvalue weighted by Crippen LogP contribution is 1.97. The van der Waals surface area contributed by atoms with E-state index in [9.17, 15) is 4.79 Å². The second-order valence-corrected chi connectivity index (χ2v) is 2.70. The third-order valence-corrected chi connectivity index (χ3v) is 1.53. The van der Waals surface area contributed by atoms with E-state index in [2.05, 4.69) is 5.32 Å². The van der Waals surface area contributed by atoms with E-state index in [0.29, 0.717) is 13.0 Å². The zero-order chi connectivity index (χ0) is 9.40. The number of hydrogen-bond acceptors (Lipinski definition) is 4. The second kappa shape index (κ2) is 7.02. The van der Waals surface area contributed by atoms with Crippen molar-refractivity contribution in [1.82, 2.24) is 5.32 Å². The largest absolute Gasteiger partial charge is 0.344 e. The first-order valence-electron chi connectivity index (χ1n) is 4.13. The van der Waals surface area contributed by atoms with Crippen LogP contribution in [0.2, 0.25) is 0 Å². The topological polar surface area (TPSA) is 107 Å². The van der Waals surface area contributed by atoms with E-state index in [1.165, 1.54) is 0 Å². The van der Waals surface area contributed by atoms with Gasteiger partial charge in [-0.15, -0.1) is 0 Å². The minimum absolute atomic E-state index is 0.0954. The number of carbonyl (C=O) groups is 1. The number of amides is 1. The van der Waals surface area contributed by atoms with E-state index in [1.54, 1.807) is 0 Å². The molecule has 7 N–H and O–H groups in total. The molecule has 0 aliphatic rings. The highest BCUT2D eigenvalue weighted by atomic mass is 16.1. The van der Waals surface area contributed by atoms with Gasteiger partial charge >= 0.3 is 0 Å². The van der Waals surface area contributed by atoms with E-state index in [0.717, 1.165) is 12.8 Å². The monoisotopic (exact) mass is 174 g/mol. The molecule has 0 radical (unpaired) electrons. The van der Waals surface area contributed by atoms with Gasteiger partial charge in [-0.3, -0.25) is 4.79 Å². The molecule has 1 amide bonds. The number of nitrogens with one attached hydrogen (secondary N) is 1. The summed E-state index contributed by atoms with van der Waals surface area (Å²) < 4.78 is 0. The molecule has 0 saturated carbocycles. The molecule has 0 aromatic rings. The highest BCUT2D eigenvalue weighted by Gasteiger charge is 2.07. The molecule has 12 heavy (non-hydrogen) atoms. The predicted molar refractivity (Wildman–Crippen MR) is 48.1 cm³/mol. The molecule has 72 valence electrons. The summed E-state index contributed by atoms with van der Waals surface area (Å²) >= 11 is 0. The van der Waals surface area contributed by atoms with Crippen LogP contribution in [0, 0.1) is 0 Å². The summed E-state index contributed by atoms with van der Waals surface area (Å²) in [4.78, 5) is 10.9. The van der Waals surface area contributed by atoms with Gasteiger partial charge in [0.1, 0.15) is 0 Å². The minimum Gasteiger partial charge on any atom is -0.344 e. The summed E-state index contributed by atoms with van der Waals surface area (Å²) in [7, 11) is 0. The van der Waals surface area contributed by atoms with Crippen LogP contribution in [0.1, 0.15) is 19.3 Å². The van der Waals surface area contributed by atoms with Crippen molar-refractivity contribution in [3.05, 3.63) is 0 Å². The molecule has 0 aliphatic heterocycles. The van der Waals surface area contributed by atoms with Gasteiger partial charge in [-0.1, -0.05) is 0 Å². The summed E-state index contributed by atoms with van der Waals surface area (Å²) in [6, 6.07) is -0.0971. The molecule has 5 heteroatoms. The van der Waals surface area contributed by atoms with Gasteiger partial charge in [0, 0.05) is 12.5 Å². The average Bonchev–Trinajstić information content (AvgIpc) is 2.01. The SMILES string of the molecule is NCCC[C@@H](N)CC(=O)NCN. The van der Waals surface area contributed by atoms with E-state index in [-0.39, 0.29) is 18.6 Å². The Morgan fingerprint density at radius 3 is 2.58 bits per heavy atom. The van der Waals surface area contributed by atoms with Crippen LogP contribution in [0.5, 0.6) is 0 Å². The third-order valence-electron chi connectivity index (χ3n) is 1.53. The fraction of sp³-hybridized carbons (Fsp3) is 0.857. The molecule has 0 spiro atoms. The van der Waals surface area contributed by atoms with E-state index >= 15 is 0 Å². The van der Waals surface area contributed by atoms with Crippen molar-refractivity contribution in [2.24, 2.45) is 17.2 Å². The maximum Gasteiger partial charge on any atom is 0.222 e. The number of nitrogens with two attached hydrogens (primary N) is 3. The van der Waals surface area contributed by atoms with Gasteiger partial charge < -0.3 is 22.5 Å². The van der Waals surface area contributed by atoms with Crippen molar-refractivity contribution < 1.29 is 4.79 Å². The van der Waals surface area contributed by atoms with Crippen molar-refractivity contribution in [2.75, 3.05) is 13.2 Å². The molecular weight excluding hydrogens is 156 g/mol. The van der Waals surface area contributed by atoms with Crippen LogP contribution in [0.25, 0.3) is 0 Å². The zero-order valence-corrected chi connectivity index (χ0v) is 7.25. The van der Waals surface area contributed by atoms with E-state index < -0.39 is 0 Å². The van der Waals surface area contributed by atoms with Gasteiger partial charge in [0.25, 0.3) is 0 Å². The Morgan fingerprint density at radius 2 is 2.08 bits per heavy atom. The van der Waals surface area contributed by atoms with E-state index in [4.69, 9.17) is 17.2 Å². The fourth-order valence-corrected chi connectivity index (χ4v) is 0.906. The predicted octanol–water partition coefficient (Wildman–Crippen LogP) is -1.52. The van der Waals surface area contributed by atoms with Crippen LogP contribution in [0.3, 0.4) is 0 Å². The Labute approximate surface area is 72.7 Å². The zero-order valence-electron chi connectivity index (χ0n) is 7.25. The van der Waals surface area contributed by atoms with Gasteiger partial charge in [0.05, 0.1) is 6.67 Å². The Morgan fingerprint density at radius 1 is 1.42 bits per heavy atom. The number of hydrogen-bond donors (Lipinski definition) is 4. The first-order chi connectivity index (χ1) is 5.70. The summed E-state index contributed by atoms with van der Waals surface area (Å²) in [5, 5.41) is 2.48. The van der Waals surface area contributed by atoms with Gasteiger partial charge in [-0.25, -0.2) is 0 Å². The van der Waals surface area contributed by atoms with Crippen LogP contribution in [0.4, 0.5) is 0 Å². The summed E-state index contributed by atoms with van der Waals surface area (Å²) in [5.41, 5.74) is 16.0. The molecule has 0 saturated heterocycles. The van der Waals surface area contributed by atoms with Crippen LogP contribution < -0.4 is 22.5 Å². The second-order valence-electron chi connectivity index (χ2n) is 2.70. The molecule has 0 aromatic carbocycles. The first-order valence-corrected chi connectivity index (χ1v) is 4.13. The van der Waals surface area contributed by atoms with Crippen molar-refractivity contribution in [3.8, 4) is 0 Å². The van der Waals surface area contributed by atoms with Crippen LogP contribution in [0.15, 0.2) is 0 Å². The lowest BCUT2D eigenvalue weighted by molar-refractivity contribution is -0.121. The molecule has 0 heterocycles. The van der Waals surface area contributed by atoms with Crippen LogP contribution in [-0.4, -0.2) is 25.2 Å². The molecule has 0 bridgehead atoms. The molecule has 0 rings (SSSR count). The Kier molecular flexibility index (Phi) is 6.64. The lowest BCUT2D eigenvalue weighted by Gasteiger charge is -2.09. The minimum atomic E-state index is -0.0971. The maximum atomic E-state index is 10.9. The molecule has 0 unspecified atom stereocenters. The van der Waals surface area contributed by atoms with Crippen LogP contribution in [-0.2, 0) is 4.79 Å². The smallest absolute Gasteiger partial charge is 0.222 e. The molecular formula is C7H18N4O. The Bertz CT molecular complexity index is 129. The van der Waals surface area contributed by atoms with Gasteiger partial charge in [0.15, 0.2) is 0 Å². The summed E-state index contributed by atoms with van der Waals surface area (Å²) in [5.74, 6) is -0.0954. The molecule has 0 fully saturated rings. The fourth-order valence-electron chi connectivity index (χ4n) is 0.906. The number of rotatable bonds is 6. The maximum absolute atomic E-state index is 10.9. The molecule has 0 aliphatic carbocycles. The lowest BCUT2D eigenvalue weighted by Crippen LogP contribution is -2.34. The lowest BCUT2D eigenvalue weighted by atomic mass is 10.1. The first kappa shape index (κ1) is 11.4. The van der Waals surface area contributed by atoms with Gasteiger partial charge in [0.2, 0.25) is 5.91 Å². The summed E-state index contributed by atoms with van der Waals surface area (Å²) in [6.45, 7) is 0.786. The number of carbonyl (C=O) groups excluding carboxylic acids is 1. The molecule has 1 atom stereocenters. The quantitative estimate of drug-likeness (QED) is 0.367. The highest BCUT2D eigenvalue weighted by molar-refractivity contribution is 5.76.